The third-order valence-electron chi connectivity index (χ3n) is 4.83. The summed E-state index contributed by atoms with van der Waals surface area (Å²) in [5.74, 6) is 1.01. The van der Waals surface area contributed by atoms with Crippen LogP contribution in [0.15, 0.2) is 51.9 Å². The molecule has 1 unspecified atom stereocenters. The summed E-state index contributed by atoms with van der Waals surface area (Å²) in [7, 11) is 0. The third-order valence-corrected chi connectivity index (χ3v) is 4.83. The molecule has 0 fully saturated rings. The van der Waals surface area contributed by atoms with Crippen molar-refractivity contribution in [1.82, 2.24) is 15.3 Å². The predicted molar refractivity (Wildman–Crippen MR) is 100 cm³/mol. The van der Waals surface area contributed by atoms with Crippen LogP contribution in [0.3, 0.4) is 0 Å². The number of rotatable bonds is 6. The van der Waals surface area contributed by atoms with E-state index in [1.165, 1.54) is 12.1 Å². The molecule has 3 heterocycles. The Labute approximate surface area is 155 Å². The Morgan fingerprint density at radius 1 is 1.26 bits per heavy atom. The fourth-order valence-corrected chi connectivity index (χ4v) is 3.45. The summed E-state index contributed by atoms with van der Waals surface area (Å²) in [5.41, 5.74) is 2.46. The van der Waals surface area contributed by atoms with Crippen molar-refractivity contribution in [3.05, 3.63) is 81.4 Å². The van der Waals surface area contributed by atoms with Crippen LogP contribution in [0.1, 0.15) is 34.9 Å². The summed E-state index contributed by atoms with van der Waals surface area (Å²) < 4.78 is 18.8. The first-order chi connectivity index (χ1) is 13.2. The van der Waals surface area contributed by atoms with Crippen LogP contribution in [0, 0.1) is 5.82 Å². The summed E-state index contributed by atoms with van der Waals surface area (Å²) >= 11 is 0. The fraction of sp³-hybridized carbons (Fsp3) is 0.300. The van der Waals surface area contributed by atoms with E-state index >= 15 is 0 Å². The fourth-order valence-electron chi connectivity index (χ4n) is 3.45. The van der Waals surface area contributed by atoms with Crippen molar-refractivity contribution in [1.29, 1.82) is 0 Å². The van der Waals surface area contributed by atoms with Gasteiger partial charge < -0.3 is 15.1 Å². The number of furan rings is 1. The number of hydrogen-bond donors (Lipinski definition) is 3. The van der Waals surface area contributed by atoms with E-state index in [2.05, 4.69) is 20.6 Å². The van der Waals surface area contributed by atoms with E-state index in [4.69, 9.17) is 4.42 Å². The van der Waals surface area contributed by atoms with Crippen molar-refractivity contribution >= 4 is 5.95 Å². The number of anilines is 1. The number of H-pyrrole nitrogens is 1. The molecule has 1 aliphatic rings. The van der Waals surface area contributed by atoms with Gasteiger partial charge in [-0.2, -0.15) is 0 Å². The highest BCUT2D eigenvalue weighted by atomic mass is 19.1. The molecule has 0 bridgehead atoms. The van der Waals surface area contributed by atoms with Gasteiger partial charge in [0.25, 0.3) is 5.56 Å². The Balaban J connectivity index is 1.48. The van der Waals surface area contributed by atoms with Crippen LogP contribution in [0.5, 0.6) is 0 Å². The molecule has 4 rings (SSSR count). The van der Waals surface area contributed by atoms with Crippen LogP contribution >= 0.6 is 0 Å². The molecule has 3 N–H and O–H groups in total. The largest absolute Gasteiger partial charge is 0.469 e. The van der Waals surface area contributed by atoms with Crippen LogP contribution in [-0.4, -0.2) is 23.1 Å². The second-order valence-corrected chi connectivity index (χ2v) is 6.60. The minimum atomic E-state index is -0.264. The van der Waals surface area contributed by atoms with E-state index in [0.29, 0.717) is 31.9 Å². The van der Waals surface area contributed by atoms with Gasteiger partial charge in [0, 0.05) is 24.6 Å². The van der Waals surface area contributed by atoms with Crippen LogP contribution in [0.4, 0.5) is 10.3 Å². The molecule has 27 heavy (non-hydrogen) atoms. The molecule has 0 saturated heterocycles. The predicted octanol–water partition coefficient (Wildman–Crippen LogP) is 2.78. The van der Waals surface area contributed by atoms with Gasteiger partial charge in [-0.1, -0.05) is 12.1 Å². The first-order valence-electron chi connectivity index (χ1n) is 9.06. The van der Waals surface area contributed by atoms with Gasteiger partial charge in [-0.3, -0.25) is 9.78 Å². The Morgan fingerprint density at radius 2 is 2.11 bits per heavy atom. The van der Waals surface area contributed by atoms with Gasteiger partial charge in [0.2, 0.25) is 5.95 Å². The Kier molecular flexibility index (Phi) is 5.02. The maximum atomic E-state index is 13.3. The zero-order chi connectivity index (χ0) is 18.6. The lowest BCUT2D eigenvalue weighted by Crippen LogP contribution is -2.31. The number of halogens is 1. The lowest BCUT2D eigenvalue weighted by atomic mass is 9.93. The van der Waals surface area contributed by atoms with E-state index in [1.807, 2.05) is 12.1 Å². The SMILES string of the molecule is O=c1[nH]c(NCCC(c2ccc(F)cc2)c2ccco2)nc2c1CCNC2. The van der Waals surface area contributed by atoms with Crippen molar-refractivity contribution in [2.75, 3.05) is 18.4 Å². The topological polar surface area (TPSA) is 83.0 Å². The summed E-state index contributed by atoms with van der Waals surface area (Å²) in [5, 5.41) is 6.43. The minimum absolute atomic E-state index is 0.0147. The van der Waals surface area contributed by atoms with Gasteiger partial charge >= 0.3 is 0 Å². The van der Waals surface area contributed by atoms with Gasteiger partial charge in [-0.25, -0.2) is 9.37 Å². The van der Waals surface area contributed by atoms with Crippen LogP contribution in [0.25, 0.3) is 0 Å². The van der Waals surface area contributed by atoms with E-state index in [1.54, 1.807) is 18.4 Å². The standard InChI is InChI=1S/C20H21FN4O2/c21-14-5-3-13(4-6-14)15(18-2-1-11-27-18)8-10-23-20-24-17-12-22-9-7-16(17)19(26)25-20/h1-6,11,15,22H,7-10,12H2,(H2,23,24,25,26). The van der Waals surface area contributed by atoms with Crippen molar-refractivity contribution in [2.24, 2.45) is 0 Å². The minimum Gasteiger partial charge on any atom is -0.469 e. The van der Waals surface area contributed by atoms with Crippen molar-refractivity contribution < 1.29 is 8.81 Å². The van der Waals surface area contributed by atoms with Gasteiger partial charge in [0.15, 0.2) is 0 Å². The first kappa shape index (κ1) is 17.5. The quantitative estimate of drug-likeness (QED) is 0.623. The molecule has 2 aromatic heterocycles. The lowest BCUT2D eigenvalue weighted by molar-refractivity contribution is 0.477. The lowest BCUT2D eigenvalue weighted by Gasteiger charge is -2.18. The molecule has 7 heteroatoms. The van der Waals surface area contributed by atoms with Gasteiger partial charge in [-0.15, -0.1) is 0 Å². The molecule has 0 radical (unpaired) electrons. The van der Waals surface area contributed by atoms with Crippen molar-refractivity contribution in [3.63, 3.8) is 0 Å². The summed E-state index contributed by atoms with van der Waals surface area (Å²) in [6, 6.07) is 10.2. The Bertz CT molecular complexity index is 951. The number of hydrogen-bond acceptors (Lipinski definition) is 5. The summed E-state index contributed by atoms with van der Waals surface area (Å²) in [6.07, 6.45) is 3.04. The maximum Gasteiger partial charge on any atom is 0.255 e. The average Bonchev–Trinajstić information content (AvgIpc) is 3.21. The molecule has 0 amide bonds. The Hall–Kier alpha value is -2.93. The van der Waals surface area contributed by atoms with Crippen molar-refractivity contribution in [2.45, 2.75) is 25.3 Å². The first-order valence-corrected chi connectivity index (χ1v) is 9.06. The van der Waals surface area contributed by atoms with Crippen LogP contribution < -0.4 is 16.2 Å². The molecule has 1 aliphatic heterocycles. The highest BCUT2D eigenvalue weighted by molar-refractivity contribution is 5.32. The molecule has 3 aromatic rings. The number of fused-ring (bicyclic) bond motifs is 1. The monoisotopic (exact) mass is 368 g/mol. The summed E-state index contributed by atoms with van der Waals surface area (Å²) in [6.45, 7) is 1.99. The number of aromatic nitrogens is 2. The van der Waals surface area contributed by atoms with E-state index in [-0.39, 0.29) is 17.3 Å². The smallest absolute Gasteiger partial charge is 0.255 e. The number of nitrogens with zero attached hydrogens (tertiary/aromatic N) is 1. The molecular formula is C20H21FN4O2. The zero-order valence-corrected chi connectivity index (χ0v) is 14.8. The maximum absolute atomic E-state index is 13.3. The zero-order valence-electron chi connectivity index (χ0n) is 14.8. The van der Waals surface area contributed by atoms with Gasteiger partial charge in [-0.05, 0) is 49.2 Å². The van der Waals surface area contributed by atoms with Gasteiger partial charge in [0.1, 0.15) is 11.6 Å². The van der Waals surface area contributed by atoms with E-state index in [9.17, 15) is 9.18 Å². The second-order valence-electron chi connectivity index (χ2n) is 6.60. The number of nitrogens with one attached hydrogen (secondary N) is 3. The van der Waals surface area contributed by atoms with Crippen LogP contribution in [0.2, 0.25) is 0 Å². The molecule has 140 valence electrons. The normalized spacial score (nSPS) is 14.6. The van der Waals surface area contributed by atoms with Crippen LogP contribution in [-0.2, 0) is 13.0 Å². The van der Waals surface area contributed by atoms with Gasteiger partial charge in [0.05, 0.1) is 12.0 Å². The molecule has 1 atom stereocenters. The molecule has 0 aliphatic carbocycles. The summed E-state index contributed by atoms with van der Waals surface area (Å²) in [4.78, 5) is 19.5. The molecule has 0 saturated carbocycles. The molecular weight excluding hydrogens is 347 g/mol. The number of benzene rings is 1. The third kappa shape index (κ3) is 3.93. The van der Waals surface area contributed by atoms with E-state index in [0.717, 1.165) is 29.1 Å². The molecule has 6 nitrogen and oxygen atoms in total. The Morgan fingerprint density at radius 3 is 2.89 bits per heavy atom. The molecule has 1 aromatic carbocycles. The van der Waals surface area contributed by atoms with Crippen molar-refractivity contribution in [3.8, 4) is 0 Å². The second kappa shape index (κ2) is 7.75. The highest BCUT2D eigenvalue weighted by Crippen LogP contribution is 2.28. The van der Waals surface area contributed by atoms with E-state index < -0.39 is 0 Å². The number of aromatic amines is 1. The average molecular weight is 368 g/mol. The molecule has 0 spiro atoms. The highest BCUT2D eigenvalue weighted by Gasteiger charge is 2.18.